The van der Waals surface area contributed by atoms with Gasteiger partial charge in [-0.3, -0.25) is 9.59 Å². The van der Waals surface area contributed by atoms with Crippen molar-refractivity contribution in [3.8, 4) is 0 Å². The van der Waals surface area contributed by atoms with Crippen molar-refractivity contribution in [1.29, 1.82) is 0 Å². The van der Waals surface area contributed by atoms with E-state index >= 15 is 0 Å². The van der Waals surface area contributed by atoms with Gasteiger partial charge in [-0.05, 0) is 47.6 Å². The highest BCUT2D eigenvalue weighted by atomic mass is 16.4. The van der Waals surface area contributed by atoms with E-state index in [0.29, 0.717) is 25.1 Å². The number of rotatable bonds is 8. The third-order valence-electron chi connectivity index (χ3n) is 7.91. The number of carbonyl (C=O) groups excluding carboxylic acids is 1. The third kappa shape index (κ3) is 4.65. The fraction of sp³-hybridized carbons (Fsp3) is 0.407. The minimum atomic E-state index is -1.15. The second-order valence-electron chi connectivity index (χ2n) is 10.3. The standard InChI is InChI=1S/C27H31N3O5/c1-26(2)21(10-11-27(26,3)25(34)35)23(31)29-22(24(32)33)13-20-15-30(16-28-20)14-17-8-9-18-6-4-5-7-19(18)12-17/h4-9,12,15-16,21-22H,10-11,13-14H2,1-3H3,(H,29,31)(H,32,33)(H,34,35)/t21?,22-,27?/m0/s1. The maximum absolute atomic E-state index is 13.0. The SMILES string of the molecule is CC1(C(=O)O)CCC(C(=O)N[C@@H](Cc2cn(Cc3ccc4ccccc4c3)cn2)C(=O)O)C1(C)C. The first-order valence-corrected chi connectivity index (χ1v) is 11.8. The first-order valence-electron chi connectivity index (χ1n) is 11.8. The fourth-order valence-electron chi connectivity index (χ4n) is 5.17. The molecule has 1 saturated carbocycles. The van der Waals surface area contributed by atoms with Crippen molar-refractivity contribution >= 4 is 28.6 Å². The zero-order valence-corrected chi connectivity index (χ0v) is 20.2. The van der Waals surface area contributed by atoms with Crippen LogP contribution in [0, 0.1) is 16.7 Å². The Morgan fingerprint density at radius 2 is 1.83 bits per heavy atom. The van der Waals surface area contributed by atoms with Crippen LogP contribution < -0.4 is 5.32 Å². The molecule has 0 aliphatic heterocycles. The molecule has 3 atom stereocenters. The summed E-state index contributed by atoms with van der Waals surface area (Å²) >= 11 is 0. The van der Waals surface area contributed by atoms with E-state index in [1.54, 1.807) is 33.3 Å². The molecule has 8 heteroatoms. The highest BCUT2D eigenvalue weighted by Gasteiger charge is 2.58. The van der Waals surface area contributed by atoms with Crippen molar-refractivity contribution in [2.24, 2.45) is 16.7 Å². The summed E-state index contributed by atoms with van der Waals surface area (Å²) in [4.78, 5) is 41.2. The van der Waals surface area contributed by atoms with Crippen molar-refractivity contribution in [1.82, 2.24) is 14.9 Å². The number of hydrogen-bond acceptors (Lipinski definition) is 4. The van der Waals surface area contributed by atoms with Crippen LogP contribution in [0.3, 0.4) is 0 Å². The normalized spacial score (nSPS) is 22.1. The molecule has 1 heterocycles. The largest absolute Gasteiger partial charge is 0.481 e. The number of carboxylic acids is 2. The molecule has 35 heavy (non-hydrogen) atoms. The van der Waals surface area contributed by atoms with Crippen molar-refractivity contribution in [3.05, 3.63) is 66.2 Å². The van der Waals surface area contributed by atoms with Gasteiger partial charge in [0.15, 0.2) is 0 Å². The Hall–Kier alpha value is -3.68. The first-order chi connectivity index (χ1) is 16.5. The summed E-state index contributed by atoms with van der Waals surface area (Å²) in [6.07, 6.45) is 4.25. The molecule has 3 aromatic rings. The maximum Gasteiger partial charge on any atom is 0.326 e. The van der Waals surface area contributed by atoms with Gasteiger partial charge < -0.3 is 20.1 Å². The van der Waals surface area contributed by atoms with E-state index in [2.05, 4.69) is 40.6 Å². The molecule has 1 aliphatic rings. The number of aromatic nitrogens is 2. The molecule has 1 aliphatic carbocycles. The molecular weight excluding hydrogens is 446 g/mol. The summed E-state index contributed by atoms with van der Waals surface area (Å²) in [6, 6.07) is 13.2. The summed E-state index contributed by atoms with van der Waals surface area (Å²) < 4.78 is 1.89. The molecule has 8 nitrogen and oxygen atoms in total. The number of nitrogens with one attached hydrogen (secondary N) is 1. The molecule has 1 amide bonds. The van der Waals surface area contributed by atoms with E-state index in [0.717, 1.165) is 16.3 Å². The van der Waals surface area contributed by atoms with E-state index in [-0.39, 0.29) is 6.42 Å². The summed E-state index contributed by atoms with van der Waals surface area (Å²) in [6.45, 7) is 5.77. The number of amides is 1. The van der Waals surface area contributed by atoms with Crippen LogP contribution in [0.15, 0.2) is 55.0 Å². The molecule has 0 saturated heterocycles. The predicted molar refractivity (Wildman–Crippen MR) is 131 cm³/mol. The number of benzene rings is 2. The number of carboxylic acid groups (broad SMARTS) is 2. The van der Waals surface area contributed by atoms with E-state index in [4.69, 9.17) is 0 Å². The molecule has 4 rings (SSSR count). The minimum absolute atomic E-state index is 0.0368. The van der Waals surface area contributed by atoms with E-state index < -0.39 is 40.6 Å². The molecule has 1 fully saturated rings. The topological polar surface area (TPSA) is 122 Å². The van der Waals surface area contributed by atoms with Crippen molar-refractivity contribution in [2.75, 3.05) is 0 Å². The monoisotopic (exact) mass is 477 g/mol. The number of nitrogens with zero attached hydrogens (tertiary/aromatic N) is 2. The lowest BCUT2D eigenvalue weighted by molar-refractivity contribution is -0.155. The highest BCUT2D eigenvalue weighted by Crippen LogP contribution is 2.56. The zero-order chi connectivity index (χ0) is 25.4. The second kappa shape index (κ2) is 9.17. The number of carbonyl (C=O) groups is 3. The summed E-state index contributed by atoms with van der Waals surface area (Å²) in [5.74, 6) is -3.11. The lowest BCUT2D eigenvalue weighted by Gasteiger charge is -2.38. The number of hydrogen-bond donors (Lipinski definition) is 3. The van der Waals surface area contributed by atoms with Crippen LogP contribution in [0.5, 0.6) is 0 Å². The quantitative estimate of drug-likeness (QED) is 0.455. The second-order valence-corrected chi connectivity index (χ2v) is 10.3. The molecule has 0 radical (unpaired) electrons. The Morgan fingerprint density at radius 3 is 2.49 bits per heavy atom. The van der Waals surface area contributed by atoms with Crippen LogP contribution in [0.25, 0.3) is 10.8 Å². The average molecular weight is 478 g/mol. The first kappa shape index (κ1) is 24.4. The third-order valence-corrected chi connectivity index (χ3v) is 7.91. The lowest BCUT2D eigenvalue weighted by Crippen LogP contribution is -2.49. The number of aliphatic carboxylic acids is 2. The summed E-state index contributed by atoms with van der Waals surface area (Å²) in [7, 11) is 0. The van der Waals surface area contributed by atoms with Crippen LogP contribution in [-0.4, -0.2) is 43.7 Å². The van der Waals surface area contributed by atoms with Crippen LogP contribution in [0.2, 0.25) is 0 Å². The van der Waals surface area contributed by atoms with Crippen molar-refractivity contribution in [2.45, 2.75) is 52.6 Å². The molecule has 0 spiro atoms. The molecule has 2 aromatic carbocycles. The van der Waals surface area contributed by atoms with Crippen LogP contribution in [0.4, 0.5) is 0 Å². The fourth-order valence-corrected chi connectivity index (χ4v) is 5.17. The smallest absolute Gasteiger partial charge is 0.326 e. The van der Waals surface area contributed by atoms with Crippen molar-refractivity contribution < 1.29 is 24.6 Å². The average Bonchev–Trinajstić information content (AvgIpc) is 3.34. The lowest BCUT2D eigenvalue weighted by atomic mass is 9.65. The Kier molecular flexibility index (Phi) is 6.40. The zero-order valence-electron chi connectivity index (χ0n) is 20.2. The van der Waals surface area contributed by atoms with Crippen LogP contribution in [-0.2, 0) is 27.3 Å². The van der Waals surface area contributed by atoms with E-state index in [1.165, 1.54) is 0 Å². The van der Waals surface area contributed by atoms with Gasteiger partial charge in [0.1, 0.15) is 6.04 Å². The maximum atomic E-state index is 13.0. The molecule has 3 N–H and O–H groups in total. The van der Waals surface area contributed by atoms with Gasteiger partial charge in [0, 0.05) is 25.1 Å². The van der Waals surface area contributed by atoms with Gasteiger partial charge in [0.2, 0.25) is 5.91 Å². The Bertz CT molecular complexity index is 1280. The predicted octanol–water partition coefficient (Wildman–Crippen LogP) is 3.72. The van der Waals surface area contributed by atoms with Gasteiger partial charge in [-0.1, -0.05) is 50.2 Å². The molecule has 0 bridgehead atoms. The van der Waals surface area contributed by atoms with Crippen molar-refractivity contribution in [3.63, 3.8) is 0 Å². The molecule has 184 valence electrons. The highest BCUT2D eigenvalue weighted by molar-refractivity contribution is 5.87. The Balaban J connectivity index is 1.43. The van der Waals surface area contributed by atoms with Crippen LogP contribution >= 0.6 is 0 Å². The van der Waals surface area contributed by atoms with Crippen LogP contribution in [0.1, 0.15) is 44.9 Å². The van der Waals surface area contributed by atoms with Gasteiger partial charge in [0.05, 0.1) is 17.4 Å². The van der Waals surface area contributed by atoms with Gasteiger partial charge in [-0.15, -0.1) is 0 Å². The summed E-state index contributed by atoms with van der Waals surface area (Å²) in [5, 5.41) is 24.4. The Labute approximate surface area is 204 Å². The molecule has 2 unspecified atom stereocenters. The van der Waals surface area contributed by atoms with E-state index in [9.17, 15) is 24.6 Å². The van der Waals surface area contributed by atoms with Gasteiger partial charge in [-0.2, -0.15) is 0 Å². The van der Waals surface area contributed by atoms with E-state index in [1.807, 2.05) is 16.7 Å². The molecular formula is C27H31N3O5. The van der Waals surface area contributed by atoms with Gasteiger partial charge in [0.25, 0.3) is 0 Å². The minimum Gasteiger partial charge on any atom is -0.481 e. The number of fused-ring (bicyclic) bond motifs is 1. The molecule has 1 aromatic heterocycles. The summed E-state index contributed by atoms with van der Waals surface area (Å²) in [5.41, 5.74) is -0.205. The number of imidazole rings is 1. The van der Waals surface area contributed by atoms with Gasteiger partial charge in [-0.25, -0.2) is 9.78 Å². The Morgan fingerprint density at radius 1 is 1.11 bits per heavy atom. The van der Waals surface area contributed by atoms with Gasteiger partial charge >= 0.3 is 11.9 Å².